The fourth-order valence-electron chi connectivity index (χ4n) is 4.18. The second kappa shape index (κ2) is 10.5. The summed E-state index contributed by atoms with van der Waals surface area (Å²) < 4.78 is 40.3. The van der Waals surface area contributed by atoms with Crippen LogP contribution in [0.4, 0.5) is 0 Å². The Balaban J connectivity index is 1.72. The summed E-state index contributed by atoms with van der Waals surface area (Å²) >= 11 is 5.88. The quantitative estimate of drug-likeness (QED) is 0.431. The molecule has 0 amide bonds. The lowest BCUT2D eigenvalue weighted by Crippen LogP contribution is -2.30. The molecule has 1 aliphatic rings. The Morgan fingerprint density at radius 1 is 1.24 bits per heavy atom. The molecule has 0 N–H and O–H groups in total. The van der Waals surface area contributed by atoms with Crippen molar-refractivity contribution in [2.75, 3.05) is 13.7 Å². The number of sulfone groups is 1. The van der Waals surface area contributed by atoms with Crippen LogP contribution in [0.3, 0.4) is 0 Å². The zero-order valence-electron chi connectivity index (χ0n) is 19.4. The molecule has 0 radical (unpaired) electrons. The van der Waals surface area contributed by atoms with Gasteiger partial charge >= 0.3 is 0 Å². The van der Waals surface area contributed by atoms with Gasteiger partial charge < -0.3 is 9.47 Å². The minimum Gasteiger partial charge on any atom is -0.372 e. The number of methoxy groups -OCH3 is 1. The molecule has 3 aromatic rings. The van der Waals surface area contributed by atoms with E-state index in [0.717, 1.165) is 30.5 Å². The molecule has 0 saturated carbocycles. The van der Waals surface area contributed by atoms with Gasteiger partial charge in [0.2, 0.25) is 0 Å². The van der Waals surface area contributed by atoms with Gasteiger partial charge in [-0.3, -0.25) is 4.57 Å². The van der Waals surface area contributed by atoms with Crippen molar-refractivity contribution in [2.45, 2.75) is 56.3 Å². The first-order valence-corrected chi connectivity index (χ1v) is 13.3. The van der Waals surface area contributed by atoms with E-state index in [1.165, 1.54) is 19.5 Å². The van der Waals surface area contributed by atoms with Crippen molar-refractivity contribution < 1.29 is 17.9 Å². The zero-order valence-corrected chi connectivity index (χ0v) is 21.0. The van der Waals surface area contributed by atoms with Gasteiger partial charge in [-0.25, -0.2) is 18.4 Å². The highest BCUT2D eigenvalue weighted by Gasteiger charge is 2.35. The number of ether oxygens (including phenoxy) is 2. The second-order valence-electron chi connectivity index (χ2n) is 8.22. The topological polar surface area (TPSA) is 109 Å². The fourth-order valence-corrected chi connectivity index (χ4v) is 5.70. The molecule has 0 aliphatic carbocycles. The number of hydrogen-bond acceptors (Lipinski definition) is 8. The molecule has 0 spiro atoms. The lowest BCUT2D eigenvalue weighted by atomic mass is 10.1. The van der Waals surface area contributed by atoms with E-state index >= 15 is 0 Å². The molecule has 1 aliphatic heterocycles. The summed E-state index contributed by atoms with van der Waals surface area (Å²) in [5, 5.41) is 8.12. The summed E-state index contributed by atoms with van der Waals surface area (Å²) in [7, 11) is -2.31. The maximum absolute atomic E-state index is 13.5. The first-order valence-electron chi connectivity index (χ1n) is 11.2. The number of hydrogen-bond donors (Lipinski definition) is 0. The SMILES string of the molecule is CCc1ccccc1-n1c(CS(=O)(=O)[C@@H](C)[C@H](OC)c2ncc(Cl)cn2)nnc1[C@@H]1CCCO1. The Kier molecular flexibility index (Phi) is 7.61. The highest BCUT2D eigenvalue weighted by Crippen LogP contribution is 2.32. The zero-order chi connectivity index (χ0) is 24.3. The molecule has 9 nitrogen and oxygen atoms in total. The maximum atomic E-state index is 13.5. The van der Waals surface area contributed by atoms with Crippen molar-refractivity contribution >= 4 is 21.4 Å². The van der Waals surface area contributed by atoms with Crippen LogP contribution >= 0.6 is 11.6 Å². The summed E-state index contributed by atoms with van der Waals surface area (Å²) in [4.78, 5) is 8.31. The molecule has 34 heavy (non-hydrogen) atoms. The number of para-hydroxylation sites is 1. The van der Waals surface area contributed by atoms with E-state index in [1.54, 1.807) is 6.92 Å². The number of nitrogens with zero attached hydrogens (tertiary/aromatic N) is 5. The van der Waals surface area contributed by atoms with E-state index in [9.17, 15) is 8.42 Å². The predicted octanol–water partition coefficient (Wildman–Crippen LogP) is 3.82. The molecule has 0 bridgehead atoms. The van der Waals surface area contributed by atoms with Gasteiger partial charge in [0.15, 0.2) is 27.3 Å². The van der Waals surface area contributed by atoms with Crippen LogP contribution in [0.15, 0.2) is 36.7 Å². The van der Waals surface area contributed by atoms with E-state index in [4.69, 9.17) is 21.1 Å². The van der Waals surface area contributed by atoms with E-state index < -0.39 is 21.2 Å². The highest BCUT2D eigenvalue weighted by atomic mass is 35.5. The highest BCUT2D eigenvalue weighted by molar-refractivity contribution is 7.91. The summed E-state index contributed by atoms with van der Waals surface area (Å²) in [6.07, 6.45) is 4.27. The van der Waals surface area contributed by atoms with Crippen LogP contribution in [0.5, 0.6) is 0 Å². The molecular weight excluding hydrogens is 478 g/mol. The van der Waals surface area contributed by atoms with Crippen molar-refractivity contribution in [1.82, 2.24) is 24.7 Å². The Morgan fingerprint density at radius 2 is 1.97 bits per heavy atom. The van der Waals surface area contributed by atoms with E-state index in [2.05, 4.69) is 27.1 Å². The number of benzene rings is 1. The van der Waals surface area contributed by atoms with Crippen LogP contribution in [0.1, 0.15) is 61.9 Å². The van der Waals surface area contributed by atoms with Crippen molar-refractivity contribution in [3.8, 4) is 5.69 Å². The van der Waals surface area contributed by atoms with Gasteiger partial charge in [0.1, 0.15) is 18.0 Å². The summed E-state index contributed by atoms with van der Waals surface area (Å²) in [6.45, 7) is 4.29. The molecule has 4 rings (SSSR count). The molecule has 1 fully saturated rings. The van der Waals surface area contributed by atoms with E-state index in [-0.39, 0.29) is 17.7 Å². The molecule has 182 valence electrons. The molecule has 1 aromatic carbocycles. The third-order valence-electron chi connectivity index (χ3n) is 6.06. The van der Waals surface area contributed by atoms with Crippen LogP contribution in [-0.4, -0.2) is 52.1 Å². The van der Waals surface area contributed by atoms with Crippen molar-refractivity contribution in [1.29, 1.82) is 0 Å². The van der Waals surface area contributed by atoms with Gasteiger partial charge in [0, 0.05) is 26.1 Å². The normalized spacial score (nSPS) is 18.2. The third-order valence-corrected chi connectivity index (χ3v) is 8.29. The Hall–Kier alpha value is -2.40. The fraction of sp³-hybridized carbons (Fsp3) is 0.478. The number of rotatable bonds is 9. The Labute approximate surface area is 204 Å². The first kappa shape index (κ1) is 24.7. The monoisotopic (exact) mass is 505 g/mol. The van der Waals surface area contributed by atoms with Crippen molar-refractivity contribution in [3.05, 3.63) is 64.7 Å². The first-order chi connectivity index (χ1) is 16.4. The number of aryl methyl sites for hydroxylation is 1. The molecule has 11 heteroatoms. The summed E-state index contributed by atoms with van der Waals surface area (Å²) in [5.41, 5.74) is 1.93. The average Bonchev–Trinajstić information content (AvgIpc) is 3.50. The molecule has 1 saturated heterocycles. The molecule has 3 heterocycles. The lowest BCUT2D eigenvalue weighted by Gasteiger charge is -2.22. The van der Waals surface area contributed by atoms with Crippen molar-refractivity contribution in [2.24, 2.45) is 0 Å². The van der Waals surface area contributed by atoms with E-state index in [0.29, 0.717) is 23.3 Å². The third kappa shape index (κ3) is 5.00. The standard InChI is InChI=1S/C23H28ClN5O4S/c1-4-16-8-5-6-9-18(16)29-20(27-28-23(29)19-10-7-11-33-19)14-34(30,31)15(2)21(32-3)22-25-12-17(24)13-26-22/h5-6,8-9,12-13,15,19,21H,4,7,10-11,14H2,1-3H3/t15-,19-,21-/m0/s1. The van der Waals surface area contributed by atoms with E-state index in [1.807, 2.05) is 28.8 Å². The van der Waals surface area contributed by atoms with Gasteiger partial charge in [0.05, 0.1) is 16.0 Å². The number of halogens is 1. The van der Waals surface area contributed by atoms with Gasteiger partial charge in [-0.05, 0) is 37.8 Å². The molecule has 0 unspecified atom stereocenters. The van der Waals surface area contributed by atoms with Crippen LogP contribution in [-0.2, 0) is 31.5 Å². The van der Waals surface area contributed by atoms with Crippen molar-refractivity contribution in [3.63, 3.8) is 0 Å². The van der Waals surface area contributed by atoms with Crippen LogP contribution < -0.4 is 0 Å². The summed E-state index contributed by atoms with van der Waals surface area (Å²) in [5.74, 6) is 0.894. The van der Waals surface area contributed by atoms with Gasteiger partial charge in [0.25, 0.3) is 0 Å². The van der Waals surface area contributed by atoms with Gasteiger partial charge in [-0.15, -0.1) is 10.2 Å². The minimum absolute atomic E-state index is 0.222. The van der Waals surface area contributed by atoms with Gasteiger partial charge in [-0.1, -0.05) is 36.7 Å². The molecule has 2 aromatic heterocycles. The largest absolute Gasteiger partial charge is 0.372 e. The molecule has 3 atom stereocenters. The number of aromatic nitrogens is 5. The Morgan fingerprint density at radius 3 is 2.62 bits per heavy atom. The van der Waals surface area contributed by atoms with Gasteiger partial charge in [-0.2, -0.15) is 0 Å². The smallest absolute Gasteiger partial charge is 0.166 e. The molecular formula is C23H28ClN5O4S. The van der Waals surface area contributed by atoms with Crippen LogP contribution in [0, 0.1) is 0 Å². The summed E-state index contributed by atoms with van der Waals surface area (Å²) in [6, 6.07) is 7.87. The average molecular weight is 506 g/mol. The van der Waals surface area contributed by atoms with Crippen LogP contribution in [0.2, 0.25) is 5.02 Å². The minimum atomic E-state index is -3.75. The van der Waals surface area contributed by atoms with Crippen LogP contribution in [0.25, 0.3) is 5.69 Å². The second-order valence-corrected chi connectivity index (χ2v) is 11.0. The Bertz CT molecular complexity index is 1230. The predicted molar refractivity (Wildman–Crippen MR) is 128 cm³/mol. The maximum Gasteiger partial charge on any atom is 0.166 e. The lowest BCUT2D eigenvalue weighted by molar-refractivity contribution is 0.0948.